The van der Waals surface area contributed by atoms with Crippen molar-refractivity contribution in [2.75, 3.05) is 16.3 Å². The Morgan fingerprint density at radius 2 is 1.86 bits per heavy atom. The van der Waals surface area contributed by atoms with Gasteiger partial charge in [0.1, 0.15) is 16.2 Å². The van der Waals surface area contributed by atoms with Crippen LogP contribution in [0.25, 0.3) is 5.76 Å². The molecule has 2 aliphatic carbocycles. The first-order valence-corrected chi connectivity index (χ1v) is 15.3. The Hall–Kier alpha value is -3.12. The lowest BCUT2D eigenvalue weighted by Crippen LogP contribution is -2.42. The number of anilines is 2. The number of aliphatic hydroxyl groups is 1. The number of carbonyl (C=O) groups excluding carboxylic acids is 1. The van der Waals surface area contributed by atoms with Crippen LogP contribution in [0.3, 0.4) is 0 Å². The van der Waals surface area contributed by atoms with Crippen LogP contribution in [0.2, 0.25) is 0 Å². The maximum absolute atomic E-state index is 14.1. The van der Waals surface area contributed by atoms with Gasteiger partial charge in [0.15, 0.2) is 11.6 Å². The quantitative estimate of drug-likeness (QED) is 0.308. The molecule has 1 heterocycles. The summed E-state index contributed by atoms with van der Waals surface area (Å²) in [4.78, 5) is 14.0. The first kappa shape index (κ1) is 25.5. The van der Waals surface area contributed by atoms with Gasteiger partial charge in [-0.2, -0.15) is 0 Å². The second-order valence-corrected chi connectivity index (χ2v) is 13.3. The standard InChI is InChI=1S/C26H29N3O6S2/c1-26(14-13-16-7-3-4-8-16)19-10-6-5-9-18(19)23(30)22(24(26)31)25-27-20-12-11-17(28-36(2,32)33)15-21(20)37(34,35)29-25/h5-6,9-13,15,28,30,34-35H,3-4,7-8,14H2,1-2H3,(H,27,29). The average Bonchev–Trinajstić information content (AvgIpc) is 3.35. The molecule has 5 rings (SSSR count). The number of fused-ring (bicyclic) bond motifs is 2. The van der Waals surface area contributed by atoms with Crippen LogP contribution in [0.4, 0.5) is 11.4 Å². The van der Waals surface area contributed by atoms with Crippen molar-refractivity contribution in [1.82, 2.24) is 0 Å². The molecule has 3 aliphatic rings. The van der Waals surface area contributed by atoms with Crippen molar-refractivity contribution in [3.8, 4) is 0 Å². The second-order valence-electron chi connectivity index (χ2n) is 9.87. The number of hydrogen-bond donors (Lipinski definition) is 5. The highest BCUT2D eigenvalue weighted by Crippen LogP contribution is 2.57. The molecule has 37 heavy (non-hydrogen) atoms. The third-order valence-corrected chi connectivity index (χ3v) is 9.05. The Balaban J connectivity index is 1.59. The number of benzene rings is 2. The molecule has 1 fully saturated rings. The first-order valence-electron chi connectivity index (χ1n) is 11.9. The van der Waals surface area contributed by atoms with E-state index in [1.165, 1.54) is 23.8 Å². The number of nitrogens with one attached hydrogen (secondary N) is 2. The summed E-state index contributed by atoms with van der Waals surface area (Å²) in [6.07, 6.45) is 7.86. The van der Waals surface area contributed by atoms with E-state index in [1.54, 1.807) is 12.1 Å². The topological polar surface area (TPSA) is 148 Å². The van der Waals surface area contributed by atoms with Gasteiger partial charge >= 0.3 is 0 Å². The van der Waals surface area contributed by atoms with E-state index >= 15 is 0 Å². The average molecular weight is 544 g/mol. The molecule has 2 aromatic carbocycles. The minimum atomic E-state index is -3.82. The van der Waals surface area contributed by atoms with E-state index in [0.29, 0.717) is 17.5 Å². The smallest absolute Gasteiger partial charge is 0.229 e. The number of sulfonamides is 1. The van der Waals surface area contributed by atoms with Gasteiger partial charge in [-0.3, -0.25) is 18.6 Å². The van der Waals surface area contributed by atoms with Crippen molar-refractivity contribution in [1.29, 1.82) is 0 Å². The number of amidine groups is 1. The van der Waals surface area contributed by atoms with E-state index in [2.05, 4.69) is 20.5 Å². The number of hydrogen-bond acceptors (Lipinski definition) is 8. The van der Waals surface area contributed by atoms with Crippen molar-refractivity contribution < 1.29 is 27.4 Å². The van der Waals surface area contributed by atoms with Crippen LogP contribution in [0.15, 0.2) is 69.0 Å². The zero-order chi connectivity index (χ0) is 26.6. The summed E-state index contributed by atoms with van der Waals surface area (Å²) < 4.78 is 51.4. The summed E-state index contributed by atoms with van der Waals surface area (Å²) in [5.74, 6) is -0.807. The van der Waals surface area contributed by atoms with Gasteiger partial charge in [-0.1, -0.05) is 46.7 Å². The van der Waals surface area contributed by atoms with Gasteiger partial charge in [-0.15, -0.1) is 4.40 Å². The highest BCUT2D eigenvalue weighted by molar-refractivity contribution is 8.23. The molecule has 11 heteroatoms. The zero-order valence-electron chi connectivity index (χ0n) is 20.5. The van der Waals surface area contributed by atoms with Gasteiger partial charge in [-0.25, -0.2) is 8.42 Å². The Morgan fingerprint density at radius 1 is 1.16 bits per heavy atom. The lowest BCUT2D eigenvalue weighted by atomic mass is 9.67. The van der Waals surface area contributed by atoms with Crippen LogP contribution in [-0.2, 0) is 20.2 Å². The first-order chi connectivity index (χ1) is 17.4. The molecule has 1 saturated carbocycles. The molecule has 0 bridgehead atoms. The summed E-state index contributed by atoms with van der Waals surface area (Å²) >= 11 is 0. The minimum absolute atomic E-state index is 0.0256. The molecule has 2 aromatic rings. The van der Waals surface area contributed by atoms with E-state index in [0.717, 1.165) is 31.9 Å². The third kappa shape index (κ3) is 4.68. The molecule has 1 unspecified atom stereocenters. The van der Waals surface area contributed by atoms with E-state index in [9.17, 15) is 27.4 Å². The summed E-state index contributed by atoms with van der Waals surface area (Å²) in [6, 6.07) is 11.4. The molecule has 9 nitrogen and oxygen atoms in total. The van der Waals surface area contributed by atoms with E-state index in [-0.39, 0.29) is 39.2 Å². The van der Waals surface area contributed by atoms with E-state index < -0.39 is 26.2 Å². The van der Waals surface area contributed by atoms with Crippen molar-refractivity contribution in [2.45, 2.75) is 49.3 Å². The Bertz CT molecular complexity index is 1500. The molecule has 0 radical (unpaired) electrons. The highest BCUT2D eigenvalue weighted by atomic mass is 32.3. The van der Waals surface area contributed by atoms with Gasteiger partial charge in [-0.05, 0) is 62.8 Å². The van der Waals surface area contributed by atoms with Crippen LogP contribution in [0.1, 0.15) is 50.2 Å². The molecule has 1 aliphatic heterocycles. The summed E-state index contributed by atoms with van der Waals surface area (Å²) in [5.41, 5.74) is 1.78. The maximum atomic E-state index is 14.1. The van der Waals surface area contributed by atoms with E-state index in [1.807, 2.05) is 19.1 Å². The van der Waals surface area contributed by atoms with Gasteiger partial charge in [0.25, 0.3) is 0 Å². The molecule has 5 N–H and O–H groups in total. The molecule has 0 amide bonds. The van der Waals surface area contributed by atoms with Crippen molar-refractivity contribution in [3.05, 3.63) is 70.8 Å². The Labute approximate surface area is 217 Å². The van der Waals surface area contributed by atoms with Crippen LogP contribution in [0.5, 0.6) is 0 Å². The number of allylic oxidation sites excluding steroid dienone is 2. The molecular formula is C26H29N3O6S2. The molecule has 1 atom stereocenters. The van der Waals surface area contributed by atoms with Gasteiger partial charge in [0, 0.05) is 5.56 Å². The third-order valence-electron chi connectivity index (χ3n) is 7.07. The van der Waals surface area contributed by atoms with Crippen molar-refractivity contribution in [3.63, 3.8) is 0 Å². The predicted molar refractivity (Wildman–Crippen MR) is 147 cm³/mol. The van der Waals surface area contributed by atoms with Crippen LogP contribution >= 0.6 is 10.8 Å². The summed E-state index contributed by atoms with van der Waals surface area (Å²) in [7, 11) is -7.41. The van der Waals surface area contributed by atoms with Crippen molar-refractivity contribution >= 4 is 49.6 Å². The fourth-order valence-corrected chi connectivity index (χ4v) is 6.92. The number of ketones is 1. The monoisotopic (exact) mass is 543 g/mol. The van der Waals surface area contributed by atoms with Crippen LogP contribution < -0.4 is 10.0 Å². The predicted octanol–water partition coefficient (Wildman–Crippen LogP) is 5.61. The van der Waals surface area contributed by atoms with Crippen LogP contribution in [-0.4, -0.2) is 40.5 Å². The number of Topliss-reactive ketones (excluding diaryl/α,β-unsaturated/α-hetero) is 1. The lowest BCUT2D eigenvalue weighted by Gasteiger charge is -2.38. The van der Waals surface area contributed by atoms with Crippen molar-refractivity contribution in [2.24, 2.45) is 4.40 Å². The summed E-state index contributed by atoms with van der Waals surface area (Å²) in [5, 5.41) is 14.2. The Kier molecular flexibility index (Phi) is 6.22. The Morgan fingerprint density at radius 3 is 2.57 bits per heavy atom. The summed E-state index contributed by atoms with van der Waals surface area (Å²) in [6.45, 7) is 1.84. The number of aliphatic hydroxyl groups excluding tert-OH is 1. The normalized spacial score (nSPS) is 23.5. The lowest BCUT2D eigenvalue weighted by molar-refractivity contribution is -0.120. The number of carbonyl (C=O) groups is 1. The molecule has 0 aromatic heterocycles. The van der Waals surface area contributed by atoms with Gasteiger partial charge in [0.05, 0.1) is 23.0 Å². The van der Waals surface area contributed by atoms with Gasteiger partial charge in [0.2, 0.25) is 10.0 Å². The second kappa shape index (κ2) is 9.02. The molecular weight excluding hydrogens is 514 g/mol. The molecule has 0 spiro atoms. The minimum Gasteiger partial charge on any atom is -0.506 e. The zero-order valence-corrected chi connectivity index (χ0v) is 22.1. The molecule has 0 saturated heterocycles. The fraction of sp³-hybridized carbons (Fsp3) is 0.308. The fourth-order valence-electron chi connectivity index (χ4n) is 5.18. The largest absolute Gasteiger partial charge is 0.506 e. The highest BCUT2D eigenvalue weighted by Gasteiger charge is 2.46. The van der Waals surface area contributed by atoms with Crippen LogP contribution in [0, 0.1) is 0 Å². The molecule has 196 valence electrons. The SMILES string of the molecule is CC1(CC=C2CCCC2)C(=O)C(C2=NS(O)(O)c3cc(NS(C)(=O)=O)ccc3N2)=C(O)c2ccccc21. The van der Waals surface area contributed by atoms with Gasteiger partial charge < -0.3 is 10.4 Å². The van der Waals surface area contributed by atoms with E-state index in [4.69, 9.17) is 0 Å². The number of rotatable bonds is 5. The number of nitrogens with zero attached hydrogens (tertiary/aromatic N) is 1. The maximum Gasteiger partial charge on any atom is 0.229 e.